The number of carbonyl (C=O) groups is 2. The van der Waals surface area contributed by atoms with Crippen LogP contribution >= 0.6 is 11.6 Å². The molecule has 0 bridgehead atoms. The Balaban J connectivity index is 3.25. The maximum atomic E-state index is 11.9. The first-order valence-corrected chi connectivity index (χ1v) is 6.43. The van der Waals surface area contributed by atoms with Gasteiger partial charge in [0, 0.05) is 23.1 Å². The molecule has 0 fully saturated rings. The predicted octanol–water partition coefficient (Wildman–Crippen LogP) is 2.44. The molecule has 1 N–H and O–H groups in total. The number of aliphatic carboxylic acids is 1. The lowest BCUT2D eigenvalue weighted by Crippen LogP contribution is -2.40. The maximum Gasteiger partial charge on any atom is 0.323 e. The summed E-state index contributed by atoms with van der Waals surface area (Å²) < 4.78 is 4.75. The van der Waals surface area contributed by atoms with Gasteiger partial charge < -0.3 is 9.84 Å². The number of halogens is 1. The van der Waals surface area contributed by atoms with Gasteiger partial charge in [-0.3, -0.25) is 19.7 Å². The van der Waals surface area contributed by atoms with Crippen molar-refractivity contribution in [3.05, 3.63) is 38.9 Å². The zero-order valence-electron chi connectivity index (χ0n) is 11.5. The van der Waals surface area contributed by atoms with Crippen molar-refractivity contribution in [2.75, 3.05) is 6.61 Å². The van der Waals surface area contributed by atoms with E-state index in [1.165, 1.54) is 19.1 Å². The Morgan fingerprint density at radius 2 is 2.10 bits per heavy atom. The summed E-state index contributed by atoms with van der Waals surface area (Å²) in [7, 11) is 0. The third-order valence-electron chi connectivity index (χ3n) is 2.99. The van der Waals surface area contributed by atoms with Crippen LogP contribution < -0.4 is 0 Å². The fourth-order valence-electron chi connectivity index (χ4n) is 1.76. The molecule has 0 aromatic heterocycles. The summed E-state index contributed by atoms with van der Waals surface area (Å²) in [4.78, 5) is 33.6. The highest BCUT2D eigenvalue weighted by molar-refractivity contribution is 6.30. The molecule has 1 atom stereocenters. The summed E-state index contributed by atoms with van der Waals surface area (Å²) >= 11 is 5.69. The van der Waals surface area contributed by atoms with Crippen LogP contribution in [0, 0.1) is 15.5 Å². The molecule has 0 spiro atoms. The van der Waals surface area contributed by atoms with Gasteiger partial charge in [0.1, 0.15) is 0 Å². The Kier molecular flexibility index (Phi) is 5.26. The number of ether oxygens (including phenoxy) is 1. The Morgan fingerprint density at radius 1 is 1.48 bits per heavy atom. The van der Waals surface area contributed by atoms with Crippen molar-refractivity contribution in [2.45, 2.75) is 20.3 Å². The van der Waals surface area contributed by atoms with Gasteiger partial charge in [-0.25, -0.2) is 0 Å². The van der Waals surface area contributed by atoms with Crippen molar-refractivity contribution in [1.29, 1.82) is 0 Å². The minimum atomic E-state index is -1.91. The van der Waals surface area contributed by atoms with E-state index in [0.717, 1.165) is 6.07 Å². The van der Waals surface area contributed by atoms with Crippen molar-refractivity contribution in [3.8, 4) is 0 Å². The number of carboxylic acid groups (broad SMARTS) is 1. The number of rotatable bonds is 6. The van der Waals surface area contributed by atoms with E-state index >= 15 is 0 Å². The molecule has 0 radical (unpaired) electrons. The van der Waals surface area contributed by atoms with E-state index in [9.17, 15) is 24.8 Å². The Morgan fingerprint density at radius 3 is 2.57 bits per heavy atom. The molecule has 0 saturated heterocycles. The fourth-order valence-corrected chi connectivity index (χ4v) is 1.93. The largest absolute Gasteiger partial charge is 0.480 e. The first kappa shape index (κ1) is 16.9. The molecule has 0 heterocycles. The molecule has 1 rings (SSSR count). The minimum Gasteiger partial charge on any atom is -0.480 e. The third kappa shape index (κ3) is 3.69. The third-order valence-corrected chi connectivity index (χ3v) is 3.22. The molecule has 1 unspecified atom stereocenters. The second kappa shape index (κ2) is 6.53. The molecule has 7 nitrogen and oxygen atoms in total. The molecular formula is C13H14ClNO6. The normalized spacial score (nSPS) is 13.3. The zero-order chi connectivity index (χ0) is 16.2. The molecule has 114 valence electrons. The van der Waals surface area contributed by atoms with Crippen LogP contribution in [0.4, 0.5) is 5.69 Å². The number of esters is 1. The van der Waals surface area contributed by atoms with Gasteiger partial charge in [0.15, 0.2) is 5.41 Å². The predicted molar refractivity (Wildman–Crippen MR) is 74.2 cm³/mol. The number of nitrogens with zero attached hydrogens (tertiary/aromatic N) is 1. The van der Waals surface area contributed by atoms with Crippen molar-refractivity contribution < 1.29 is 24.4 Å². The second-order valence-corrected chi connectivity index (χ2v) is 5.00. The number of carbonyl (C=O) groups excluding carboxylic acids is 1. The second-order valence-electron chi connectivity index (χ2n) is 4.56. The lowest BCUT2D eigenvalue weighted by atomic mass is 9.83. The van der Waals surface area contributed by atoms with E-state index in [1.54, 1.807) is 6.92 Å². The molecule has 21 heavy (non-hydrogen) atoms. The number of hydrogen-bond donors (Lipinski definition) is 1. The van der Waals surface area contributed by atoms with E-state index < -0.39 is 22.3 Å². The van der Waals surface area contributed by atoms with Crippen molar-refractivity contribution in [1.82, 2.24) is 0 Å². The van der Waals surface area contributed by atoms with E-state index in [4.69, 9.17) is 16.3 Å². The summed E-state index contributed by atoms with van der Waals surface area (Å²) in [6.07, 6.45) is -0.366. The van der Waals surface area contributed by atoms with Crippen LogP contribution in [0.25, 0.3) is 0 Å². The highest BCUT2D eigenvalue weighted by Gasteiger charge is 2.44. The van der Waals surface area contributed by atoms with Gasteiger partial charge in [0.05, 0.1) is 11.5 Å². The highest BCUT2D eigenvalue weighted by Crippen LogP contribution is 2.31. The van der Waals surface area contributed by atoms with Crippen molar-refractivity contribution in [2.24, 2.45) is 5.41 Å². The lowest BCUT2D eigenvalue weighted by molar-refractivity contribution is -0.385. The highest BCUT2D eigenvalue weighted by atomic mass is 35.5. The van der Waals surface area contributed by atoms with Crippen LogP contribution in [0.2, 0.25) is 5.02 Å². The molecule has 8 heteroatoms. The van der Waals surface area contributed by atoms with Crippen molar-refractivity contribution in [3.63, 3.8) is 0 Å². The van der Waals surface area contributed by atoms with Gasteiger partial charge in [-0.1, -0.05) is 17.7 Å². The summed E-state index contributed by atoms with van der Waals surface area (Å²) in [5.74, 6) is -2.35. The number of hydrogen-bond acceptors (Lipinski definition) is 5. The molecule has 1 aromatic rings. The number of benzene rings is 1. The van der Waals surface area contributed by atoms with Crippen LogP contribution in [0.1, 0.15) is 19.4 Å². The topological polar surface area (TPSA) is 107 Å². The maximum absolute atomic E-state index is 11.9. The van der Waals surface area contributed by atoms with Crippen LogP contribution in [0.3, 0.4) is 0 Å². The minimum absolute atomic E-state index is 0.0183. The van der Waals surface area contributed by atoms with E-state index in [0.29, 0.717) is 0 Å². The number of carboxylic acids is 1. The van der Waals surface area contributed by atoms with Gasteiger partial charge in [-0.05, 0) is 19.9 Å². The zero-order valence-corrected chi connectivity index (χ0v) is 12.2. The molecule has 1 aromatic carbocycles. The summed E-state index contributed by atoms with van der Waals surface area (Å²) in [5.41, 5.74) is -2.14. The van der Waals surface area contributed by atoms with E-state index in [-0.39, 0.29) is 29.3 Å². The van der Waals surface area contributed by atoms with E-state index in [1.807, 2.05) is 0 Å². The quantitative estimate of drug-likeness (QED) is 0.374. The molecule has 0 saturated carbocycles. The average Bonchev–Trinajstić information content (AvgIpc) is 2.40. The first-order chi connectivity index (χ1) is 9.72. The number of nitro groups is 1. The van der Waals surface area contributed by atoms with Gasteiger partial charge in [0.25, 0.3) is 5.69 Å². The summed E-state index contributed by atoms with van der Waals surface area (Å²) in [6.45, 7) is 2.74. The molecule has 0 aliphatic rings. The number of nitro benzene ring substituents is 1. The van der Waals surface area contributed by atoms with Crippen LogP contribution in [-0.4, -0.2) is 28.6 Å². The van der Waals surface area contributed by atoms with Gasteiger partial charge >= 0.3 is 11.9 Å². The van der Waals surface area contributed by atoms with Gasteiger partial charge in [-0.2, -0.15) is 0 Å². The van der Waals surface area contributed by atoms with Crippen molar-refractivity contribution >= 4 is 29.2 Å². The SMILES string of the molecule is CCOC(=O)C(C)(Cc1ccc(Cl)cc1[N+](=O)[O-])C(=O)O. The molecule has 0 aliphatic carbocycles. The van der Waals surface area contributed by atoms with Crippen LogP contribution in [-0.2, 0) is 20.7 Å². The van der Waals surface area contributed by atoms with Gasteiger partial charge in [0.2, 0.25) is 0 Å². The van der Waals surface area contributed by atoms with Gasteiger partial charge in [-0.15, -0.1) is 0 Å². The Bertz CT molecular complexity index is 588. The standard InChI is InChI=1S/C13H14ClNO6/c1-3-21-12(18)13(2,11(16)17)7-8-4-5-9(14)6-10(8)15(19)20/h4-6H,3,7H2,1-2H3,(H,16,17). The Labute approximate surface area is 125 Å². The lowest BCUT2D eigenvalue weighted by Gasteiger charge is -2.22. The summed E-state index contributed by atoms with van der Waals surface area (Å²) in [6, 6.07) is 3.85. The van der Waals surface area contributed by atoms with Crippen LogP contribution in [0.5, 0.6) is 0 Å². The molecule has 0 aliphatic heterocycles. The fraction of sp³-hybridized carbons (Fsp3) is 0.385. The smallest absolute Gasteiger partial charge is 0.323 e. The average molecular weight is 316 g/mol. The summed E-state index contributed by atoms with van der Waals surface area (Å²) in [5, 5.41) is 20.4. The monoisotopic (exact) mass is 315 g/mol. The first-order valence-electron chi connectivity index (χ1n) is 6.05. The van der Waals surface area contributed by atoms with Crippen LogP contribution in [0.15, 0.2) is 18.2 Å². The molecule has 0 amide bonds. The molecular weight excluding hydrogens is 302 g/mol. The van der Waals surface area contributed by atoms with E-state index in [2.05, 4.69) is 0 Å². The Hall–Kier alpha value is -2.15.